The summed E-state index contributed by atoms with van der Waals surface area (Å²) in [5.74, 6) is 0.668. The number of anilines is 1. The number of benzene rings is 1. The molecule has 0 aliphatic carbocycles. The maximum absolute atomic E-state index is 12.1. The van der Waals surface area contributed by atoms with Crippen molar-refractivity contribution in [1.82, 2.24) is 9.97 Å². The number of nitrogens with zero attached hydrogens (tertiary/aromatic N) is 3. The highest BCUT2D eigenvalue weighted by molar-refractivity contribution is 7.19. The first-order chi connectivity index (χ1) is 14.0. The molecule has 1 aromatic carbocycles. The van der Waals surface area contributed by atoms with Crippen LogP contribution in [-0.4, -0.2) is 35.6 Å². The second-order valence-electron chi connectivity index (χ2n) is 7.05. The van der Waals surface area contributed by atoms with Gasteiger partial charge in [-0.2, -0.15) is 4.98 Å². The fraction of sp³-hybridized carbons (Fsp3) is 0.381. The Morgan fingerprint density at radius 1 is 1.21 bits per heavy atom. The highest BCUT2D eigenvalue weighted by Gasteiger charge is 2.29. The van der Waals surface area contributed by atoms with E-state index in [1.165, 1.54) is 0 Å². The van der Waals surface area contributed by atoms with Crippen molar-refractivity contribution in [3.63, 3.8) is 0 Å². The average Bonchev–Trinajstić information content (AvgIpc) is 3.04. The number of aromatic nitrogens is 2. The summed E-state index contributed by atoms with van der Waals surface area (Å²) < 4.78 is 5.19. The van der Waals surface area contributed by atoms with E-state index >= 15 is 0 Å². The molecule has 3 heterocycles. The minimum absolute atomic E-state index is 0.0565. The van der Waals surface area contributed by atoms with Crippen molar-refractivity contribution in [3.05, 3.63) is 39.4 Å². The molecule has 4 rings (SSSR count). The summed E-state index contributed by atoms with van der Waals surface area (Å²) >= 11 is 14.0. The van der Waals surface area contributed by atoms with Gasteiger partial charge in [-0.15, -0.1) is 11.3 Å². The van der Waals surface area contributed by atoms with E-state index in [1.807, 2.05) is 31.2 Å². The lowest BCUT2D eigenvalue weighted by Crippen LogP contribution is -2.37. The number of esters is 1. The number of carbonyl (C=O) groups excluding carboxylic acids is 1. The second-order valence-corrected chi connectivity index (χ2v) is 9.03. The molecule has 0 bridgehead atoms. The molecule has 0 unspecified atom stereocenters. The molecule has 2 aromatic heterocycles. The maximum Gasteiger partial charge on any atom is 0.309 e. The summed E-state index contributed by atoms with van der Waals surface area (Å²) in [5.41, 5.74) is 2.19. The Morgan fingerprint density at radius 3 is 2.55 bits per heavy atom. The molecule has 5 nitrogen and oxygen atoms in total. The summed E-state index contributed by atoms with van der Waals surface area (Å²) in [6.45, 7) is 5.78. The third-order valence-corrected chi connectivity index (χ3v) is 6.65. The number of piperidine rings is 1. The molecule has 29 heavy (non-hydrogen) atoms. The lowest BCUT2D eigenvalue weighted by Gasteiger charge is -2.32. The molecular formula is C21H21Cl2N3O2S. The van der Waals surface area contributed by atoms with E-state index in [0.29, 0.717) is 11.6 Å². The third kappa shape index (κ3) is 4.06. The van der Waals surface area contributed by atoms with Gasteiger partial charge < -0.3 is 9.64 Å². The normalized spacial score (nSPS) is 15.1. The molecule has 0 radical (unpaired) electrons. The van der Waals surface area contributed by atoms with E-state index in [0.717, 1.165) is 58.0 Å². The number of rotatable bonds is 4. The monoisotopic (exact) mass is 449 g/mol. The Labute approximate surface area is 183 Å². The first kappa shape index (κ1) is 20.4. The highest BCUT2D eigenvalue weighted by Crippen LogP contribution is 2.43. The van der Waals surface area contributed by atoms with Crippen LogP contribution in [0.1, 0.15) is 24.6 Å². The van der Waals surface area contributed by atoms with Crippen LogP contribution in [0.2, 0.25) is 10.3 Å². The van der Waals surface area contributed by atoms with Gasteiger partial charge in [0.05, 0.1) is 17.9 Å². The van der Waals surface area contributed by atoms with Crippen LogP contribution in [0.25, 0.3) is 21.3 Å². The Hall–Kier alpha value is -1.89. The molecule has 0 saturated carbocycles. The summed E-state index contributed by atoms with van der Waals surface area (Å²) in [6.07, 6.45) is 1.47. The fourth-order valence-corrected chi connectivity index (χ4v) is 5.23. The van der Waals surface area contributed by atoms with E-state index in [1.54, 1.807) is 11.3 Å². The smallest absolute Gasteiger partial charge is 0.309 e. The zero-order valence-corrected chi connectivity index (χ0v) is 18.6. The number of hydrogen-bond donors (Lipinski definition) is 0. The summed E-state index contributed by atoms with van der Waals surface area (Å²) in [5, 5.41) is 1.95. The van der Waals surface area contributed by atoms with Gasteiger partial charge in [-0.25, -0.2) is 4.98 Å². The molecule has 0 N–H and O–H groups in total. The predicted molar refractivity (Wildman–Crippen MR) is 119 cm³/mol. The van der Waals surface area contributed by atoms with Gasteiger partial charge in [-0.3, -0.25) is 4.79 Å². The third-order valence-electron chi connectivity index (χ3n) is 5.23. The summed E-state index contributed by atoms with van der Waals surface area (Å²) in [4.78, 5) is 25.4. The van der Waals surface area contributed by atoms with E-state index in [9.17, 15) is 4.79 Å². The van der Waals surface area contributed by atoms with Crippen molar-refractivity contribution in [2.45, 2.75) is 26.7 Å². The fourth-order valence-electron chi connectivity index (χ4n) is 3.85. The average molecular weight is 450 g/mol. The van der Waals surface area contributed by atoms with Crippen LogP contribution in [0, 0.1) is 12.8 Å². The topological polar surface area (TPSA) is 55.3 Å². The Morgan fingerprint density at radius 2 is 1.90 bits per heavy atom. The number of aryl methyl sites for hydroxylation is 1. The number of hydrogen-bond acceptors (Lipinski definition) is 6. The van der Waals surface area contributed by atoms with Gasteiger partial charge in [0.1, 0.15) is 10.6 Å². The first-order valence-corrected chi connectivity index (χ1v) is 11.2. The Kier molecular flexibility index (Phi) is 5.95. The van der Waals surface area contributed by atoms with Crippen molar-refractivity contribution in [3.8, 4) is 11.1 Å². The van der Waals surface area contributed by atoms with E-state index in [2.05, 4.69) is 21.8 Å². The Balaban J connectivity index is 1.73. The van der Waals surface area contributed by atoms with Gasteiger partial charge in [0.25, 0.3) is 0 Å². The van der Waals surface area contributed by atoms with E-state index < -0.39 is 0 Å². The molecule has 1 saturated heterocycles. The molecule has 0 atom stereocenters. The SMILES string of the molecule is CCOC(=O)C1CCN(c2nc(Cl)nc3sc(C)c(-c4ccc(Cl)cc4)c23)CC1. The number of halogens is 2. The van der Waals surface area contributed by atoms with Gasteiger partial charge >= 0.3 is 5.97 Å². The molecule has 3 aromatic rings. The number of carbonyl (C=O) groups is 1. The van der Waals surface area contributed by atoms with Crippen LogP contribution in [0.3, 0.4) is 0 Å². The largest absolute Gasteiger partial charge is 0.466 e. The summed E-state index contributed by atoms with van der Waals surface area (Å²) in [7, 11) is 0. The van der Waals surface area contributed by atoms with Crippen LogP contribution < -0.4 is 4.90 Å². The Bertz CT molecular complexity index is 1040. The number of ether oxygens (including phenoxy) is 1. The minimum Gasteiger partial charge on any atom is -0.466 e. The van der Waals surface area contributed by atoms with Crippen LogP contribution in [-0.2, 0) is 9.53 Å². The molecular weight excluding hydrogens is 429 g/mol. The minimum atomic E-state index is -0.105. The first-order valence-electron chi connectivity index (χ1n) is 9.62. The molecule has 152 valence electrons. The highest BCUT2D eigenvalue weighted by atomic mass is 35.5. The second kappa shape index (κ2) is 8.46. The van der Waals surface area contributed by atoms with Gasteiger partial charge in [0, 0.05) is 28.6 Å². The van der Waals surface area contributed by atoms with Gasteiger partial charge in [-0.1, -0.05) is 23.7 Å². The predicted octanol–water partition coefficient (Wildman–Crippen LogP) is 5.75. The van der Waals surface area contributed by atoms with Gasteiger partial charge in [0.15, 0.2) is 0 Å². The zero-order valence-electron chi connectivity index (χ0n) is 16.2. The zero-order chi connectivity index (χ0) is 20.5. The van der Waals surface area contributed by atoms with Crippen molar-refractivity contribution in [1.29, 1.82) is 0 Å². The molecule has 1 aliphatic heterocycles. The van der Waals surface area contributed by atoms with Crippen LogP contribution >= 0.6 is 34.5 Å². The van der Waals surface area contributed by atoms with E-state index in [-0.39, 0.29) is 17.2 Å². The standard InChI is InChI=1S/C21H21Cl2N3O2S/c1-3-28-20(27)14-8-10-26(11-9-14)18-17-16(13-4-6-15(22)7-5-13)12(2)29-19(17)25-21(23)24-18/h4-7,14H,3,8-11H2,1-2H3. The quantitative estimate of drug-likeness (QED) is 0.374. The summed E-state index contributed by atoms with van der Waals surface area (Å²) in [6, 6.07) is 7.81. The maximum atomic E-state index is 12.1. The molecule has 0 spiro atoms. The molecule has 1 fully saturated rings. The lowest BCUT2D eigenvalue weighted by atomic mass is 9.96. The van der Waals surface area contributed by atoms with Crippen LogP contribution in [0.15, 0.2) is 24.3 Å². The lowest BCUT2D eigenvalue weighted by molar-refractivity contribution is -0.148. The van der Waals surface area contributed by atoms with Gasteiger partial charge in [0.2, 0.25) is 5.28 Å². The molecule has 0 amide bonds. The van der Waals surface area contributed by atoms with Crippen LogP contribution in [0.5, 0.6) is 0 Å². The number of fused-ring (bicyclic) bond motifs is 1. The van der Waals surface area contributed by atoms with Crippen molar-refractivity contribution in [2.75, 3.05) is 24.6 Å². The van der Waals surface area contributed by atoms with Crippen molar-refractivity contribution >= 4 is 56.5 Å². The van der Waals surface area contributed by atoms with Gasteiger partial charge in [-0.05, 0) is 56.0 Å². The molecule has 1 aliphatic rings. The molecule has 8 heteroatoms. The van der Waals surface area contributed by atoms with Crippen LogP contribution in [0.4, 0.5) is 5.82 Å². The van der Waals surface area contributed by atoms with E-state index in [4.69, 9.17) is 27.9 Å². The van der Waals surface area contributed by atoms with Crippen molar-refractivity contribution < 1.29 is 9.53 Å². The van der Waals surface area contributed by atoms with Crippen molar-refractivity contribution in [2.24, 2.45) is 5.92 Å². The number of thiophene rings is 1.